The Balaban J connectivity index is 1.59. The van der Waals surface area contributed by atoms with Gasteiger partial charge in [0, 0.05) is 5.38 Å². The summed E-state index contributed by atoms with van der Waals surface area (Å²) in [5.74, 6) is -0.245. The molecule has 25 heavy (non-hydrogen) atoms. The maximum atomic E-state index is 12.8. The summed E-state index contributed by atoms with van der Waals surface area (Å²) in [6.07, 6.45) is 1.43. The average Bonchev–Trinajstić information content (AvgIpc) is 3.38. The third-order valence-corrected chi connectivity index (χ3v) is 5.15. The first-order valence-corrected chi connectivity index (χ1v) is 9.15. The monoisotopic (exact) mass is 368 g/mol. The number of rotatable bonds is 5. The van der Waals surface area contributed by atoms with E-state index in [1.54, 1.807) is 11.3 Å². The predicted molar refractivity (Wildman–Crippen MR) is 96.5 cm³/mol. The standard InChI is InChI=1S/C16H12N6OS2/c23-15(19-16-18-12(9-25-16)13-7-4-8-24-13)14(22-10-17-20-21-22)11-5-2-1-3-6-11/h1-10,14H,(H,18,19,23). The van der Waals surface area contributed by atoms with E-state index in [1.165, 1.54) is 22.3 Å². The van der Waals surface area contributed by atoms with Crippen LogP contribution in [0.15, 0.2) is 59.6 Å². The van der Waals surface area contributed by atoms with Gasteiger partial charge in [0.15, 0.2) is 11.2 Å². The number of anilines is 1. The highest BCUT2D eigenvalue weighted by Gasteiger charge is 2.24. The smallest absolute Gasteiger partial charge is 0.255 e. The zero-order valence-electron chi connectivity index (χ0n) is 12.8. The van der Waals surface area contributed by atoms with E-state index in [1.807, 2.05) is 53.2 Å². The molecular formula is C16H12N6OS2. The molecule has 0 fully saturated rings. The third kappa shape index (κ3) is 3.32. The van der Waals surface area contributed by atoms with Crippen LogP contribution in [0.2, 0.25) is 0 Å². The fourth-order valence-corrected chi connectivity index (χ4v) is 3.86. The number of nitrogens with one attached hydrogen (secondary N) is 1. The molecule has 1 aromatic carbocycles. The van der Waals surface area contributed by atoms with Crippen LogP contribution in [0.25, 0.3) is 10.6 Å². The van der Waals surface area contributed by atoms with Crippen LogP contribution in [0.3, 0.4) is 0 Å². The van der Waals surface area contributed by atoms with Crippen LogP contribution < -0.4 is 5.32 Å². The predicted octanol–water partition coefficient (Wildman–Crippen LogP) is 3.09. The minimum atomic E-state index is -0.662. The van der Waals surface area contributed by atoms with Crippen LogP contribution >= 0.6 is 22.7 Å². The second-order valence-electron chi connectivity index (χ2n) is 5.11. The molecule has 0 radical (unpaired) electrons. The van der Waals surface area contributed by atoms with Gasteiger partial charge in [-0.15, -0.1) is 27.8 Å². The maximum absolute atomic E-state index is 12.8. The summed E-state index contributed by atoms with van der Waals surface area (Å²) in [6, 6.07) is 12.7. The van der Waals surface area contributed by atoms with Crippen LogP contribution in [0.5, 0.6) is 0 Å². The first-order chi connectivity index (χ1) is 12.3. The van der Waals surface area contributed by atoms with Crippen molar-refractivity contribution in [2.45, 2.75) is 6.04 Å². The van der Waals surface area contributed by atoms with Crippen molar-refractivity contribution in [1.29, 1.82) is 0 Å². The lowest BCUT2D eigenvalue weighted by atomic mass is 10.1. The van der Waals surface area contributed by atoms with E-state index in [2.05, 4.69) is 25.8 Å². The Bertz CT molecular complexity index is 950. The summed E-state index contributed by atoms with van der Waals surface area (Å²) >= 11 is 3.00. The quantitative estimate of drug-likeness (QED) is 0.585. The molecule has 7 nitrogen and oxygen atoms in total. The number of hydrogen-bond acceptors (Lipinski definition) is 7. The number of thiazole rings is 1. The van der Waals surface area contributed by atoms with Gasteiger partial charge in [0.2, 0.25) is 0 Å². The molecule has 0 aliphatic carbocycles. The Morgan fingerprint density at radius 2 is 2.00 bits per heavy atom. The summed E-state index contributed by atoms with van der Waals surface area (Å²) in [7, 11) is 0. The average molecular weight is 368 g/mol. The molecule has 1 unspecified atom stereocenters. The molecule has 0 aliphatic heterocycles. The van der Waals surface area contributed by atoms with Crippen LogP contribution in [0.1, 0.15) is 11.6 Å². The molecule has 3 heterocycles. The summed E-state index contributed by atoms with van der Waals surface area (Å²) in [4.78, 5) is 18.4. The molecule has 0 aliphatic rings. The Labute approximate surface area is 151 Å². The van der Waals surface area contributed by atoms with Crippen molar-refractivity contribution in [1.82, 2.24) is 25.2 Å². The number of carbonyl (C=O) groups is 1. The molecule has 3 aromatic heterocycles. The van der Waals surface area contributed by atoms with E-state index < -0.39 is 6.04 Å². The summed E-state index contributed by atoms with van der Waals surface area (Å²) in [5, 5.41) is 18.5. The van der Waals surface area contributed by atoms with Gasteiger partial charge in [-0.25, -0.2) is 9.67 Å². The molecular weight excluding hydrogens is 356 g/mol. The van der Waals surface area contributed by atoms with E-state index >= 15 is 0 Å². The van der Waals surface area contributed by atoms with Crippen LogP contribution in [-0.4, -0.2) is 31.1 Å². The lowest BCUT2D eigenvalue weighted by molar-refractivity contribution is -0.118. The number of amides is 1. The lowest BCUT2D eigenvalue weighted by Crippen LogP contribution is -2.27. The first kappa shape index (κ1) is 15.6. The Hall–Kier alpha value is -2.91. The van der Waals surface area contributed by atoms with E-state index in [4.69, 9.17) is 0 Å². The van der Waals surface area contributed by atoms with Crippen LogP contribution in [0, 0.1) is 0 Å². The zero-order valence-corrected chi connectivity index (χ0v) is 14.4. The van der Waals surface area contributed by atoms with Crippen molar-refractivity contribution >= 4 is 33.7 Å². The van der Waals surface area contributed by atoms with Crippen molar-refractivity contribution in [3.05, 3.63) is 65.1 Å². The van der Waals surface area contributed by atoms with Gasteiger partial charge in [-0.2, -0.15) is 0 Å². The molecule has 9 heteroatoms. The highest BCUT2D eigenvalue weighted by Crippen LogP contribution is 2.29. The van der Waals surface area contributed by atoms with Crippen molar-refractivity contribution in [3.8, 4) is 10.6 Å². The molecule has 124 valence electrons. The topological polar surface area (TPSA) is 85.6 Å². The normalized spacial score (nSPS) is 12.0. The number of nitrogens with zero attached hydrogens (tertiary/aromatic N) is 5. The van der Waals surface area contributed by atoms with Crippen LogP contribution in [0.4, 0.5) is 5.13 Å². The molecule has 1 atom stereocenters. The number of hydrogen-bond donors (Lipinski definition) is 1. The molecule has 4 rings (SSSR count). The second kappa shape index (κ2) is 6.91. The van der Waals surface area contributed by atoms with Gasteiger partial charge in [0.25, 0.3) is 5.91 Å². The zero-order chi connectivity index (χ0) is 17.1. The van der Waals surface area contributed by atoms with Gasteiger partial charge in [0.05, 0.1) is 10.6 Å². The largest absolute Gasteiger partial charge is 0.300 e. The number of thiophene rings is 1. The molecule has 1 amide bonds. The van der Waals surface area contributed by atoms with Gasteiger partial charge >= 0.3 is 0 Å². The third-order valence-electron chi connectivity index (χ3n) is 3.50. The minimum absolute atomic E-state index is 0.245. The molecule has 1 N–H and O–H groups in total. The molecule has 0 saturated carbocycles. The first-order valence-electron chi connectivity index (χ1n) is 7.39. The van der Waals surface area contributed by atoms with E-state index in [0.29, 0.717) is 5.13 Å². The molecule has 0 spiro atoms. The molecule has 4 aromatic rings. The lowest BCUT2D eigenvalue weighted by Gasteiger charge is -2.15. The number of tetrazole rings is 1. The van der Waals surface area contributed by atoms with Crippen LogP contribution in [-0.2, 0) is 4.79 Å². The maximum Gasteiger partial charge on any atom is 0.255 e. The minimum Gasteiger partial charge on any atom is -0.300 e. The fraction of sp³-hybridized carbons (Fsp3) is 0.0625. The second-order valence-corrected chi connectivity index (χ2v) is 6.91. The van der Waals surface area contributed by atoms with E-state index in [0.717, 1.165) is 16.1 Å². The van der Waals surface area contributed by atoms with E-state index in [9.17, 15) is 4.79 Å². The summed E-state index contributed by atoms with van der Waals surface area (Å²) < 4.78 is 1.43. The highest BCUT2D eigenvalue weighted by molar-refractivity contribution is 7.16. The summed E-state index contributed by atoms with van der Waals surface area (Å²) in [6.45, 7) is 0. The van der Waals surface area contributed by atoms with Gasteiger partial charge in [-0.1, -0.05) is 36.4 Å². The molecule has 0 saturated heterocycles. The van der Waals surface area contributed by atoms with Crippen molar-refractivity contribution in [2.75, 3.05) is 5.32 Å². The number of aromatic nitrogens is 5. The highest BCUT2D eigenvalue weighted by atomic mass is 32.1. The summed E-state index contributed by atoms with van der Waals surface area (Å²) in [5.41, 5.74) is 1.65. The number of benzene rings is 1. The van der Waals surface area contributed by atoms with E-state index in [-0.39, 0.29) is 5.91 Å². The Morgan fingerprint density at radius 1 is 1.12 bits per heavy atom. The van der Waals surface area contributed by atoms with Gasteiger partial charge in [-0.3, -0.25) is 10.1 Å². The van der Waals surface area contributed by atoms with Gasteiger partial charge < -0.3 is 0 Å². The SMILES string of the molecule is O=C(Nc1nc(-c2cccs2)cs1)C(c1ccccc1)n1cnnn1. The fourth-order valence-electron chi connectivity index (χ4n) is 2.39. The number of carbonyl (C=O) groups excluding carboxylic acids is 1. The molecule has 0 bridgehead atoms. The van der Waals surface area contributed by atoms with Crippen molar-refractivity contribution in [3.63, 3.8) is 0 Å². The van der Waals surface area contributed by atoms with Gasteiger partial charge in [0.1, 0.15) is 6.33 Å². The Kier molecular flexibility index (Phi) is 4.32. The Morgan fingerprint density at radius 3 is 2.72 bits per heavy atom. The van der Waals surface area contributed by atoms with Crippen molar-refractivity contribution in [2.24, 2.45) is 0 Å². The van der Waals surface area contributed by atoms with Crippen molar-refractivity contribution < 1.29 is 4.79 Å². The van der Waals surface area contributed by atoms with Gasteiger partial charge in [-0.05, 0) is 27.4 Å².